The number of nitrogens with zero attached hydrogens (tertiary/aromatic N) is 4. The molecule has 0 radical (unpaired) electrons. The number of benzene rings is 1. The quantitative estimate of drug-likeness (QED) is 0.579. The molecule has 6 heteroatoms. The molecule has 120 valence electrons. The number of rotatable bonds is 7. The molecule has 0 aliphatic carbocycles. The number of nitro groups is 1. The fourth-order valence-electron chi connectivity index (χ4n) is 2.91. The van der Waals surface area contributed by atoms with E-state index in [1.54, 1.807) is 0 Å². The molecule has 6 nitrogen and oxygen atoms in total. The summed E-state index contributed by atoms with van der Waals surface area (Å²) in [5.41, 5.74) is 4.66. The average Bonchev–Trinajstić information content (AvgIpc) is 2.98. The number of hydrogen-bond acceptors (Lipinski definition) is 4. The van der Waals surface area contributed by atoms with Crippen LogP contribution < -0.4 is 0 Å². The van der Waals surface area contributed by atoms with Gasteiger partial charge in [0.05, 0.1) is 0 Å². The van der Waals surface area contributed by atoms with Crippen molar-refractivity contribution in [3.63, 3.8) is 0 Å². The Hall–Kier alpha value is -2.68. The molecule has 2 aromatic rings. The maximum atomic E-state index is 10.8. The normalized spacial score (nSPS) is 10.5. The van der Waals surface area contributed by atoms with Crippen LogP contribution in [-0.2, 0) is 25.7 Å². The van der Waals surface area contributed by atoms with E-state index < -0.39 is 10.9 Å². The third-order valence-electron chi connectivity index (χ3n) is 4.07. The van der Waals surface area contributed by atoms with Gasteiger partial charge in [0.1, 0.15) is 11.9 Å². The summed E-state index contributed by atoms with van der Waals surface area (Å²) in [7, 11) is 0. The largest absolute Gasteiger partial charge is 0.449 e. The van der Waals surface area contributed by atoms with E-state index in [1.165, 1.54) is 22.9 Å². The molecule has 0 saturated heterocycles. The van der Waals surface area contributed by atoms with Crippen molar-refractivity contribution in [2.75, 3.05) is 0 Å². The Labute approximate surface area is 135 Å². The fourth-order valence-corrected chi connectivity index (χ4v) is 2.91. The third kappa shape index (κ3) is 3.57. The molecule has 0 fully saturated rings. The van der Waals surface area contributed by atoms with E-state index in [0.29, 0.717) is 12.1 Å². The maximum Gasteiger partial charge on any atom is 0.449 e. The topological polar surface area (TPSA) is 84.8 Å². The fraction of sp³-hybridized carbons (Fsp3) is 0.412. The molecule has 0 amide bonds. The minimum absolute atomic E-state index is 0.411. The smallest absolute Gasteiger partial charge is 0.390 e. The molecule has 0 saturated carbocycles. The lowest BCUT2D eigenvalue weighted by atomic mass is 9.93. The van der Waals surface area contributed by atoms with Crippen molar-refractivity contribution >= 4 is 5.95 Å². The van der Waals surface area contributed by atoms with Crippen molar-refractivity contribution in [3.8, 4) is 6.19 Å². The second kappa shape index (κ2) is 7.54. The van der Waals surface area contributed by atoms with Gasteiger partial charge in [0.15, 0.2) is 0 Å². The molecule has 1 aromatic heterocycles. The van der Waals surface area contributed by atoms with Gasteiger partial charge in [-0.2, -0.15) is 5.26 Å². The van der Waals surface area contributed by atoms with Crippen LogP contribution in [0.25, 0.3) is 0 Å². The molecule has 0 spiro atoms. The number of aromatic nitrogens is 2. The van der Waals surface area contributed by atoms with Gasteiger partial charge in [-0.1, -0.05) is 37.0 Å². The van der Waals surface area contributed by atoms with Gasteiger partial charge in [0.25, 0.3) is 6.19 Å². The van der Waals surface area contributed by atoms with Crippen LogP contribution in [0, 0.1) is 21.6 Å². The van der Waals surface area contributed by atoms with Gasteiger partial charge in [0, 0.05) is 6.42 Å². The molecule has 0 unspecified atom stereocenters. The highest BCUT2D eigenvalue weighted by atomic mass is 16.6. The summed E-state index contributed by atoms with van der Waals surface area (Å²) in [4.78, 5) is 13.9. The van der Waals surface area contributed by atoms with Gasteiger partial charge >= 0.3 is 5.95 Å². The van der Waals surface area contributed by atoms with E-state index in [2.05, 4.69) is 37.0 Å². The SMILES string of the molecule is CCc1cccc(CC)c1CCCc1cnc([N+](=O)[O-])n1C#N. The molecule has 23 heavy (non-hydrogen) atoms. The predicted molar refractivity (Wildman–Crippen MR) is 87.1 cm³/mol. The first-order chi connectivity index (χ1) is 11.1. The molecule has 0 atom stereocenters. The zero-order chi connectivity index (χ0) is 16.8. The van der Waals surface area contributed by atoms with E-state index in [-0.39, 0.29) is 0 Å². The van der Waals surface area contributed by atoms with Gasteiger partial charge in [-0.25, -0.2) is 0 Å². The van der Waals surface area contributed by atoms with Crippen molar-refractivity contribution in [1.82, 2.24) is 9.55 Å². The van der Waals surface area contributed by atoms with Crippen molar-refractivity contribution in [1.29, 1.82) is 5.26 Å². The standard InChI is InChI=1S/C17H20N4O2/c1-3-13-7-5-8-14(4-2)16(13)10-6-9-15-11-19-17(21(22)23)20(15)12-18/h5,7-8,11H,3-4,6,9-10H2,1-2H3. The highest BCUT2D eigenvalue weighted by Crippen LogP contribution is 2.20. The molecule has 0 bridgehead atoms. The first-order valence-electron chi connectivity index (χ1n) is 7.83. The lowest BCUT2D eigenvalue weighted by Crippen LogP contribution is -2.04. The molecule has 1 aromatic carbocycles. The van der Waals surface area contributed by atoms with Crippen molar-refractivity contribution in [3.05, 3.63) is 56.9 Å². The minimum atomic E-state index is -0.631. The van der Waals surface area contributed by atoms with Gasteiger partial charge in [-0.15, -0.1) is 4.57 Å². The molecule has 2 rings (SSSR count). The Morgan fingerprint density at radius 3 is 2.43 bits per heavy atom. The molecule has 1 heterocycles. The summed E-state index contributed by atoms with van der Waals surface area (Å²) in [5, 5.41) is 19.9. The Bertz CT molecular complexity index is 721. The van der Waals surface area contributed by atoms with Crippen LogP contribution in [0.3, 0.4) is 0 Å². The Morgan fingerprint density at radius 1 is 1.26 bits per heavy atom. The summed E-state index contributed by atoms with van der Waals surface area (Å²) < 4.78 is 1.01. The summed E-state index contributed by atoms with van der Waals surface area (Å²) >= 11 is 0. The highest BCUT2D eigenvalue weighted by Gasteiger charge is 2.20. The van der Waals surface area contributed by atoms with Crippen LogP contribution in [0.1, 0.15) is 42.7 Å². The summed E-state index contributed by atoms with van der Waals surface area (Å²) in [6.07, 6.45) is 7.56. The minimum Gasteiger partial charge on any atom is -0.390 e. The molecule has 0 aliphatic rings. The lowest BCUT2D eigenvalue weighted by molar-refractivity contribution is -0.395. The van der Waals surface area contributed by atoms with E-state index >= 15 is 0 Å². The first kappa shape index (κ1) is 16.7. The number of nitriles is 1. The first-order valence-corrected chi connectivity index (χ1v) is 7.83. The van der Waals surface area contributed by atoms with E-state index in [1.807, 2.05) is 6.19 Å². The van der Waals surface area contributed by atoms with Crippen molar-refractivity contribution < 1.29 is 4.92 Å². The van der Waals surface area contributed by atoms with Crippen molar-refractivity contribution in [2.24, 2.45) is 0 Å². The van der Waals surface area contributed by atoms with Crippen LogP contribution in [0.15, 0.2) is 24.4 Å². The Kier molecular flexibility index (Phi) is 5.47. The second-order valence-corrected chi connectivity index (χ2v) is 5.36. The Morgan fingerprint density at radius 2 is 1.91 bits per heavy atom. The van der Waals surface area contributed by atoms with Crippen LogP contribution in [0.2, 0.25) is 0 Å². The zero-order valence-electron chi connectivity index (χ0n) is 13.5. The van der Waals surface area contributed by atoms with Gasteiger partial charge in [0.2, 0.25) is 0 Å². The third-order valence-corrected chi connectivity index (χ3v) is 4.07. The zero-order valence-corrected chi connectivity index (χ0v) is 13.5. The number of imidazole rings is 1. The average molecular weight is 312 g/mol. The van der Waals surface area contributed by atoms with Gasteiger partial charge in [-0.05, 0) is 47.3 Å². The van der Waals surface area contributed by atoms with Gasteiger partial charge < -0.3 is 10.1 Å². The highest BCUT2D eigenvalue weighted by molar-refractivity contribution is 5.35. The van der Waals surface area contributed by atoms with Crippen molar-refractivity contribution in [2.45, 2.75) is 46.0 Å². The number of aryl methyl sites for hydroxylation is 3. The number of hydrogen-bond donors (Lipinski definition) is 0. The summed E-state index contributed by atoms with van der Waals surface area (Å²) in [6, 6.07) is 6.40. The van der Waals surface area contributed by atoms with E-state index in [4.69, 9.17) is 5.26 Å². The summed E-state index contributed by atoms with van der Waals surface area (Å²) in [6.45, 7) is 4.29. The molecular formula is C17H20N4O2. The van der Waals surface area contributed by atoms with Crippen LogP contribution >= 0.6 is 0 Å². The van der Waals surface area contributed by atoms with Crippen LogP contribution in [-0.4, -0.2) is 14.5 Å². The van der Waals surface area contributed by atoms with Crippen LogP contribution in [0.5, 0.6) is 0 Å². The van der Waals surface area contributed by atoms with E-state index in [9.17, 15) is 10.1 Å². The molecule has 0 N–H and O–H groups in total. The second-order valence-electron chi connectivity index (χ2n) is 5.36. The lowest BCUT2D eigenvalue weighted by Gasteiger charge is -2.12. The Balaban J connectivity index is 2.12. The van der Waals surface area contributed by atoms with Crippen LogP contribution in [0.4, 0.5) is 5.95 Å². The monoisotopic (exact) mass is 312 g/mol. The maximum absolute atomic E-state index is 10.8. The molecular weight excluding hydrogens is 292 g/mol. The van der Waals surface area contributed by atoms with E-state index in [0.717, 1.165) is 30.3 Å². The molecule has 0 aliphatic heterocycles. The van der Waals surface area contributed by atoms with Gasteiger partial charge in [-0.3, -0.25) is 0 Å². The summed E-state index contributed by atoms with van der Waals surface area (Å²) in [5.74, 6) is -0.411. The predicted octanol–water partition coefficient (Wildman–Crippen LogP) is 3.42.